The third-order valence-corrected chi connectivity index (χ3v) is 3.80. The van der Waals surface area contributed by atoms with Crippen LogP contribution in [0, 0.1) is 0 Å². The van der Waals surface area contributed by atoms with Crippen LogP contribution in [0.25, 0.3) is 0 Å². The molecule has 2 rings (SSSR count). The zero-order valence-electron chi connectivity index (χ0n) is 13.2. The normalized spacial score (nSPS) is 11.7. The quantitative estimate of drug-likeness (QED) is 0.821. The molecule has 0 heterocycles. The van der Waals surface area contributed by atoms with E-state index >= 15 is 0 Å². The Morgan fingerprint density at radius 3 is 2.35 bits per heavy atom. The molecule has 2 aromatic rings. The fourth-order valence-electron chi connectivity index (χ4n) is 2.56. The molecule has 0 aliphatic carbocycles. The van der Waals surface area contributed by atoms with E-state index in [-0.39, 0.29) is 18.4 Å². The molecule has 23 heavy (non-hydrogen) atoms. The molecule has 0 aliphatic rings. The lowest BCUT2D eigenvalue weighted by molar-refractivity contribution is -0.137. The van der Waals surface area contributed by atoms with E-state index in [4.69, 9.17) is 5.11 Å². The van der Waals surface area contributed by atoms with E-state index in [2.05, 4.69) is 5.32 Å². The predicted molar refractivity (Wildman–Crippen MR) is 89.3 cm³/mol. The third-order valence-electron chi connectivity index (χ3n) is 3.80. The second-order valence-corrected chi connectivity index (χ2v) is 5.38. The molecule has 0 radical (unpaired) electrons. The molecule has 0 saturated carbocycles. The summed E-state index contributed by atoms with van der Waals surface area (Å²) in [4.78, 5) is 23.5. The number of amides is 1. The van der Waals surface area contributed by atoms with Crippen molar-refractivity contribution in [3.63, 3.8) is 0 Å². The van der Waals surface area contributed by atoms with Crippen LogP contribution < -0.4 is 5.32 Å². The van der Waals surface area contributed by atoms with Crippen LogP contribution in [0.2, 0.25) is 0 Å². The molecule has 2 aromatic carbocycles. The third kappa shape index (κ3) is 4.68. The van der Waals surface area contributed by atoms with E-state index in [9.17, 15) is 9.59 Å². The first-order valence-electron chi connectivity index (χ1n) is 7.77. The Balaban J connectivity index is 2.19. The van der Waals surface area contributed by atoms with Gasteiger partial charge in [0.1, 0.15) is 0 Å². The highest BCUT2D eigenvalue weighted by Crippen LogP contribution is 2.20. The molecule has 0 aliphatic heterocycles. The first-order chi connectivity index (χ1) is 11.1. The molecule has 1 amide bonds. The number of rotatable bonds is 7. The number of benzene rings is 2. The summed E-state index contributed by atoms with van der Waals surface area (Å²) >= 11 is 0. The summed E-state index contributed by atoms with van der Waals surface area (Å²) in [6.45, 7) is 2.01. The summed E-state index contributed by atoms with van der Waals surface area (Å²) in [5, 5.41) is 11.9. The van der Waals surface area contributed by atoms with Crippen molar-refractivity contribution in [1.82, 2.24) is 5.32 Å². The summed E-state index contributed by atoms with van der Waals surface area (Å²) in [6.07, 6.45) is 1.14. The SMILES string of the molecule is CCc1ccccc1C(=O)NC(CCC(=O)O)c1ccccc1. The zero-order valence-corrected chi connectivity index (χ0v) is 13.2. The molecule has 1 atom stereocenters. The smallest absolute Gasteiger partial charge is 0.303 e. The fraction of sp³-hybridized carbons (Fsp3) is 0.263. The van der Waals surface area contributed by atoms with E-state index in [1.807, 2.05) is 55.5 Å². The minimum absolute atomic E-state index is 0.00919. The first-order valence-corrected chi connectivity index (χ1v) is 7.77. The lowest BCUT2D eigenvalue weighted by Gasteiger charge is -2.19. The number of hydrogen-bond donors (Lipinski definition) is 2. The van der Waals surface area contributed by atoms with Crippen molar-refractivity contribution in [2.45, 2.75) is 32.2 Å². The minimum Gasteiger partial charge on any atom is -0.481 e. The average Bonchev–Trinajstić information content (AvgIpc) is 2.59. The molecule has 2 N–H and O–H groups in total. The number of aliphatic carboxylic acids is 1. The minimum atomic E-state index is -0.867. The Morgan fingerprint density at radius 2 is 1.70 bits per heavy atom. The topological polar surface area (TPSA) is 66.4 Å². The van der Waals surface area contributed by atoms with Crippen LogP contribution in [-0.4, -0.2) is 17.0 Å². The van der Waals surface area contributed by atoms with Crippen molar-refractivity contribution in [2.24, 2.45) is 0 Å². The number of carboxylic acid groups (broad SMARTS) is 1. The Morgan fingerprint density at radius 1 is 1.04 bits per heavy atom. The van der Waals surface area contributed by atoms with Gasteiger partial charge in [-0.3, -0.25) is 9.59 Å². The maximum atomic E-state index is 12.6. The molecule has 4 heteroatoms. The zero-order chi connectivity index (χ0) is 16.7. The van der Waals surface area contributed by atoms with E-state index in [0.717, 1.165) is 17.5 Å². The molecule has 0 aromatic heterocycles. The number of carbonyl (C=O) groups excluding carboxylic acids is 1. The molecule has 0 bridgehead atoms. The van der Waals surface area contributed by atoms with Crippen molar-refractivity contribution in [3.8, 4) is 0 Å². The van der Waals surface area contributed by atoms with Gasteiger partial charge in [-0.2, -0.15) is 0 Å². The van der Waals surface area contributed by atoms with Crippen molar-refractivity contribution in [2.75, 3.05) is 0 Å². The second-order valence-electron chi connectivity index (χ2n) is 5.38. The fourth-order valence-corrected chi connectivity index (χ4v) is 2.56. The Hall–Kier alpha value is -2.62. The molecule has 0 fully saturated rings. The van der Waals surface area contributed by atoms with Crippen molar-refractivity contribution in [3.05, 3.63) is 71.3 Å². The molecule has 0 saturated heterocycles. The summed E-state index contributed by atoms with van der Waals surface area (Å²) in [7, 11) is 0. The summed E-state index contributed by atoms with van der Waals surface area (Å²) < 4.78 is 0. The van der Waals surface area contributed by atoms with Crippen molar-refractivity contribution in [1.29, 1.82) is 0 Å². The maximum Gasteiger partial charge on any atom is 0.303 e. The molecular weight excluding hydrogens is 290 g/mol. The Labute approximate surface area is 136 Å². The van der Waals surface area contributed by atoms with Crippen LogP contribution >= 0.6 is 0 Å². The van der Waals surface area contributed by atoms with E-state index in [0.29, 0.717) is 12.0 Å². The van der Waals surface area contributed by atoms with Gasteiger partial charge in [0, 0.05) is 12.0 Å². The van der Waals surface area contributed by atoms with Gasteiger partial charge in [-0.15, -0.1) is 0 Å². The molecule has 0 spiro atoms. The highest BCUT2D eigenvalue weighted by molar-refractivity contribution is 5.96. The molecule has 1 unspecified atom stereocenters. The van der Waals surface area contributed by atoms with Crippen LogP contribution in [-0.2, 0) is 11.2 Å². The molecule has 120 valence electrons. The number of aryl methyl sites for hydroxylation is 1. The number of nitrogens with one attached hydrogen (secondary N) is 1. The largest absolute Gasteiger partial charge is 0.481 e. The summed E-state index contributed by atoms with van der Waals surface area (Å²) in [6, 6.07) is 16.6. The van der Waals surface area contributed by atoms with Gasteiger partial charge in [-0.05, 0) is 30.0 Å². The molecular formula is C19H21NO3. The van der Waals surface area contributed by atoms with Gasteiger partial charge in [0.05, 0.1) is 6.04 Å². The van der Waals surface area contributed by atoms with Crippen molar-refractivity contribution >= 4 is 11.9 Å². The van der Waals surface area contributed by atoms with E-state index in [1.165, 1.54) is 0 Å². The highest BCUT2D eigenvalue weighted by atomic mass is 16.4. The lowest BCUT2D eigenvalue weighted by atomic mass is 10.00. The van der Waals surface area contributed by atoms with E-state index in [1.54, 1.807) is 6.07 Å². The van der Waals surface area contributed by atoms with Crippen LogP contribution in [0.4, 0.5) is 0 Å². The molecule has 4 nitrogen and oxygen atoms in total. The van der Waals surface area contributed by atoms with Gasteiger partial charge in [-0.25, -0.2) is 0 Å². The van der Waals surface area contributed by atoms with Gasteiger partial charge < -0.3 is 10.4 Å². The van der Waals surface area contributed by atoms with Crippen LogP contribution in [0.1, 0.15) is 47.3 Å². The first kappa shape index (κ1) is 16.7. The highest BCUT2D eigenvalue weighted by Gasteiger charge is 2.18. The van der Waals surface area contributed by atoms with Crippen molar-refractivity contribution < 1.29 is 14.7 Å². The van der Waals surface area contributed by atoms with Crippen LogP contribution in [0.5, 0.6) is 0 Å². The monoisotopic (exact) mass is 311 g/mol. The number of hydrogen-bond acceptors (Lipinski definition) is 2. The summed E-state index contributed by atoms with van der Waals surface area (Å²) in [5.74, 6) is -1.03. The van der Waals surface area contributed by atoms with Gasteiger partial charge in [0.25, 0.3) is 5.91 Å². The van der Waals surface area contributed by atoms with E-state index < -0.39 is 5.97 Å². The van der Waals surface area contributed by atoms with Crippen LogP contribution in [0.15, 0.2) is 54.6 Å². The van der Waals surface area contributed by atoms with Gasteiger partial charge >= 0.3 is 5.97 Å². The Kier molecular flexibility index (Phi) is 5.92. The predicted octanol–water partition coefficient (Wildman–Crippen LogP) is 3.58. The lowest BCUT2D eigenvalue weighted by Crippen LogP contribution is -2.29. The second kappa shape index (κ2) is 8.13. The standard InChI is InChI=1S/C19H21NO3/c1-2-14-8-6-7-11-16(14)19(23)20-17(12-13-18(21)22)15-9-4-3-5-10-15/h3-11,17H,2,12-13H2,1H3,(H,20,23)(H,21,22). The summed E-state index contributed by atoms with van der Waals surface area (Å²) in [5.41, 5.74) is 2.54. The average molecular weight is 311 g/mol. The Bertz CT molecular complexity index is 667. The van der Waals surface area contributed by atoms with Gasteiger partial charge in [0.2, 0.25) is 0 Å². The van der Waals surface area contributed by atoms with Gasteiger partial charge in [-0.1, -0.05) is 55.5 Å². The maximum absolute atomic E-state index is 12.6. The van der Waals surface area contributed by atoms with Gasteiger partial charge in [0.15, 0.2) is 0 Å². The number of carboxylic acids is 1. The van der Waals surface area contributed by atoms with Crippen LogP contribution in [0.3, 0.4) is 0 Å². The number of carbonyl (C=O) groups is 2.